The van der Waals surface area contributed by atoms with Crippen molar-refractivity contribution in [1.29, 1.82) is 0 Å². The molecular weight excluding hydrogens is 138 g/mol. The first-order valence-corrected chi connectivity index (χ1v) is 1.83. The van der Waals surface area contributed by atoms with E-state index < -0.39 is 13.3 Å². The molecular formula is C2H6BNaO5. The first-order chi connectivity index (χ1) is 3.63. The first-order valence-electron chi connectivity index (χ1n) is 1.83. The van der Waals surface area contributed by atoms with E-state index in [1.807, 2.05) is 0 Å². The SMILES string of the molecule is CC(=O)OOB(O)O.[H-].[Na+]. The van der Waals surface area contributed by atoms with Crippen molar-refractivity contribution in [2.45, 2.75) is 6.92 Å². The number of carbonyl (C=O) groups is 1. The summed E-state index contributed by atoms with van der Waals surface area (Å²) in [5, 5.41) is 15.7. The quantitative estimate of drug-likeness (QED) is 0.232. The van der Waals surface area contributed by atoms with Gasteiger partial charge < -0.3 is 16.4 Å². The van der Waals surface area contributed by atoms with Gasteiger partial charge in [-0.1, -0.05) is 0 Å². The molecule has 0 fully saturated rings. The van der Waals surface area contributed by atoms with Crippen LogP contribution in [0.3, 0.4) is 0 Å². The van der Waals surface area contributed by atoms with Crippen LogP contribution in [0.2, 0.25) is 0 Å². The summed E-state index contributed by atoms with van der Waals surface area (Å²) < 4.78 is 0. The van der Waals surface area contributed by atoms with Crippen molar-refractivity contribution in [1.82, 2.24) is 0 Å². The fourth-order valence-electron chi connectivity index (χ4n) is 0.111. The molecule has 0 aliphatic rings. The molecule has 0 radical (unpaired) electrons. The van der Waals surface area contributed by atoms with E-state index >= 15 is 0 Å². The molecule has 9 heavy (non-hydrogen) atoms. The standard InChI is InChI=1S/C2H5BO5.Na.H/c1-2(4)7-8-3(5)6;;/h5-6H,1H3;;/q;+1;-1. The van der Waals surface area contributed by atoms with Crippen LogP contribution in [0.15, 0.2) is 0 Å². The van der Waals surface area contributed by atoms with E-state index in [1.54, 1.807) is 0 Å². The Balaban J connectivity index is -0.000000245. The van der Waals surface area contributed by atoms with Crippen molar-refractivity contribution < 1.29 is 55.5 Å². The van der Waals surface area contributed by atoms with Crippen LogP contribution in [0.25, 0.3) is 0 Å². The van der Waals surface area contributed by atoms with Gasteiger partial charge in [-0.3, -0.25) is 0 Å². The van der Waals surface area contributed by atoms with Crippen LogP contribution in [-0.2, 0) is 14.5 Å². The fourth-order valence-corrected chi connectivity index (χ4v) is 0.111. The number of hydrogen-bond acceptors (Lipinski definition) is 5. The van der Waals surface area contributed by atoms with Gasteiger partial charge in [0.15, 0.2) is 0 Å². The van der Waals surface area contributed by atoms with Crippen LogP contribution in [0, 0.1) is 0 Å². The minimum absolute atomic E-state index is 0. The molecule has 0 rings (SSSR count). The molecule has 5 nitrogen and oxygen atoms in total. The Hall–Kier alpha value is 0.415. The second kappa shape index (κ2) is 6.53. The normalized spacial score (nSPS) is 7.44. The van der Waals surface area contributed by atoms with E-state index in [0.717, 1.165) is 6.92 Å². The maximum Gasteiger partial charge on any atom is 1.00 e. The topological polar surface area (TPSA) is 76.0 Å². The third kappa shape index (κ3) is 11.8. The Labute approximate surface area is 75.8 Å². The average molecular weight is 144 g/mol. The van der Waals surface area contributed by atoms with Gasteiger partial charge in [0.1, 0.15) is 0 Å². The summed E-state index contributed by atoms with van der Waals surface area (Å²) in [6, 6.07) is 0. The van der Waals surface area contributed by atoms with Crippen LogP contribution in [0.4, 0.5) is 0 Å². The first kappa shape index (κ1) is 12.1. The maximum absolute atomic E-state index is 9.78. The minimum Gasteiger partial charge on any atom is -1.00 e. The van der Waals surface area contributed by atoms with Gasteiger partial charge in [-0.25, -0.2) is 4.79 Å². The van der Waals surface area contributed by atoms with Crippen LogP contribution < -0.4 is 29.6 Å². The Morgan fingerprint density at radius 3 is 2.22 bits per heavy atom. The number of rotatable bonds is 2. The summed E-state index contributed by atoms with van der Waals surface area (Å²) in [5.74, 6) is -0.738. The summed E-state index contributed by atoms with van der Waals surface area (Å²) in [6.07, 6.45) is 0. The van der Waals surface area contributed by atoms with Crippen molar-refractivity contribution in [2.24, 2.45) is 0 Å². The van der Waals surface area contributed by atoms with Gasteiger partial charge in [-0.05, 0) is 0 Å². The minimum atomic E-state index is -2.06. The third-order valence-electron chi connectivity index (χ3n) is 0.252. The van der Waals surface area contributed by atoms with Gasteiger partial charge >= 0.3 is 42.8 Å². The summed E-state index contributed by atoms with van der Waals surface area (Å²) in [6.45, 7) is 1.07. The van der Waals surface area contributed by atoms with Crippen LogP contribution in [0.1, 0.15) is 8.35 Å². The zero-order chi connectivity index (χ0) is 6.57. The molecule has 0 aromatic rings. The smallest absolute Gasteiger partial charge is 1.00 e. The molecule has 0 bridgehead atoms. The Kier molecular flexibility index (Phi) is 8.80. The summed E-state index contributed by atoms with van der Waals surface area (Å²) in [5.41, 5.74) is 0. The van der Waals surface area contributed by atoms with Gasteiger partial charge in [0.05, 0.1) is 0 Å². The van der Waals surface area contributed by atoms with Gasteiger partial charge in [-0.15, -0.1) is 0 Å². The molecule has 0 aromatic heterocycles. The molecule has 0 unspecified atom stereocenters. The van der Waals surface area contributed by atoms with Crippen LogP contribution in [-0.4, -0.2) is 23.3 Å². The Bertz CT molecular complexity index is 89.7. The zero-order valence-corrected chi connectivity index (χ0v) is 7.20. The molecule has 2 N–H and O–H groups in total. The molecule has 7 heteroatoms. The van der Waals surface area contributed by atoms with E-state index in [2.05, 4.69) is 9.69 Å². The molecule has 0 aromatic carbocycles. The molecule has 0 saturated heterocycles. The predicted octanol–water partition coefficient (Wildman–Crippen LogP) is -4.43. The van der Waals surface area contributed by atoms with Crippen molar-refractivity contribution in [3.63, 3.8) is 0 Å². The van der Waals surface area contributed by atoms with Crippen molar-refractivity contribution >= 4 is 13.3 Å². The molecule has 0 aliphatic heterocycles. The predicted molar refractivity (Wildman–Crippen MR) is 24.2 cm³/mol. The second-order valence-electron chi connectivity index (χ2n) is 0.997. The summed E-state index contributed by atoms with van der Waals surface area (Å²) in [7, 11) is -2.06. The van der Waals surface area contributed by atoms with E-state index in [9.17, 15) is 4.79 Å². The fraction of sp³-hybridized carbons (Fsp3) is 0.500. The monoisotopic (exact) mass is 144 g/mol. The molecule has 0 amide bonds. The van der Waals surface area contributed by atoms with Crippen molar-refractivity contribution in [3.8, 4) is 0 Å². The van der Waals surface area contributed by atoms with Crippen molar-refractivity contribution in [2.75, 3.05) is 0 Å². The maximum atomic E-state index is 9.78. The number of carbonyl (C=O) groups excluding carboxylic acids is 1. The van der Waals surface area contributed by atoms with E-state index in [0.29, 0.717) is 0 Å². The largest absolute Gasteiger partial charge is 1.00 e. The zero-order valence-electron chi connectivity index (χ0n) is 6.20. The average Bonchev–Trinajstić information content (AvgIpc) is 1.61. The number of hydrogen-bond donors (Lipinski definition) is 2. The summed E-state index contributed by atoms with van der Waals surface area (Å²) >= 11 is 0. The Morgan fingerprint density at radius 1 is 1.67 bits per heavy atom. The van der Waals surface area contributed by atoms with E-state index in [1.165, 1.54) is 0 Å². The molecule has 0 atom stereocenters. The molecule has 0 saturated carbocycles. The molecule has 0 aliphatic carbocycles. The summed E-state index contributed by atoms with van der Waals surface area (Å²) in [4.78, 5) is 17.0. The second-order valence-corrected chi connectivity index (χ2v) is 0.997. The van der Waals surface area contributed by atoms with E-state index in [-0.39, 0.29) is 31.0 Å². The van der Waals surface area contributed by atoms with Gasteiger partial charge in [-0.2, -0.15) is 4.81 Å². The third-order valence-corrected chi connectivity index (χ3v) is 0.252. The van der Waals surface area contributed by atoms with Gasteiger partial charge in [0, 0.05) is 6.92 Å². The van der Waals surface area contributed by atoms with Crippen molar-refractivity contribution in [3.05, 3.63) is 0 Å². The van der Waals surface area contributed by atoms with E-state index in [4.69, 9.17) is 10.0 Å². The van der Waals surface area contributed by atoms with Gasteiger partial charge in [0.25, 0.3) is 0 Å². The molecule has 0 spiro atoms. The molecule has 0 heterocycles. The Morgan fingerprint density at radius 2 is 2.11 bits per heavy atom. The van der Waals surface area contributed by atoms with Gasteiger partial charge in [0.2, 0.25) is 0 Å². The molecule has 48 valence electrons. The van der Waals surface area contributed by atoms with Crippen LogP contribution >= 0.6 is 0 Å². The van der Waals surface area contributed by atoms with Crippen LogP contribution in [0.5, 0.6) is 0 Å².